The van der Waals surface area contributed by atoms with E-state index in [-0.39, 0.29) is 0 Å². The zero-order chi connectivity index (χ0) is 18.4. The summed E-state index contributed by atoms with van der Waals surface area (Å²) in [5.41, 5.74) is 3.91. The van der Waals surface area contributed by atoms with Gasteiger partial charge in [0.1, 0.15) is 0 Å². The van der Waals surface area contributed by atoms with E-state index in [1.165, 1.54) is 42.2 Å². The summed E-state index contributed by atoms with van der Waals surface area (Å²) < 4.78 is 2.28. The number of nitrogens with one attached hydrogen (secondary N) is 1. The Labute approximate surface area is 162 Å². The molecular weight excluding hydrogens is 340 g/mol. The number of benzene rings is 2. The Kier molecular flexibility index (Phi) is 6.97. The van der Waals surface area contributed by atoms with Gasteiger partial charge in [-0.3, -0.25) is 4.90 Å². The third kappa shape index (κ3) is 5.74. The van der Waals surface area contributed by atoms with E-state index in [1.54, 1.807) is 11.9 Å². The van der Waals surface area contributed by atoms with Crippen molar-refractivity contribution in [2.75, 3.05) is 52.6 Å². The lowest BCUT2D eigenvalue weighted by atomic mass is 10.1. The number of hydrogen-bond donors (Lipinski definition) is 1. The van der Waals surface area contributed by atoms with Crippen molar-refractivity contribution in [1.82, 2.24) is 14.1 Å². The topological polar surface area (TPSA) is 21.8 Å². The van der Waals surface area contributed by atoms with Crippen molar-refractivity contribution in [3.63, 3.8) is 0 Å². The molecule has 0 atom stereocenters. The number of piperazine rings is 1. The van der Waals surface area contributed by atoms with Gasteiger partial charge in [-0.2, -0.15) is 0 Å². The Balaban J connectivity index is 1.48. The molecule has 26 heavy (non-hydrogen) atoms. The van der Waals surface area contributed by atoms with Crippen LogP contribution in [-0.2, 0) is 13.1 Å². The van der Waals surface area contributed by atoms with E-state index >= 15 is 0 Å². The zero-order valence-corrected chi connectivity index (χ0v) is 16.9. The molecule has 0 unspecified atom stereocenters. The average molecular weight is 371 g/mol. The van der Waals surface area contributed by atoms with Crippen molar-refractivity contribution < 1.29 is 0 Å². The summed E-state index contributed by atoms with van der Waals surface area (Å²) in [6, 6.07) is 17.7. The molecule has 1 heterocycles. The van der Waals surface area contributed by atoms with Gasteiger partial charge in [-0.05, 0) is 61.4 Å². The Morgan fingerprint density at radius 1 is 0.923 bits per heavy atom. The van der Waals surface area contributed by atoms with Crippen LogP contribution in [0.4, 0.5) is 5.69 Å². The first-order valence-electron chi connectivity index (χ1n) is 9.28. The lowest BCUT2D eigenvalue weighted by Gasteiger charge is -2.32. The van der Waals surface area contributed by atoms with E-state index in [9.17, 15) is 0 Å². The fourth-order valence-corrected chi connectivity index (χ4v) is 4.00. The maximum atomic E-state index is 3.16. The number of likely N-dealkylation sites (N-methyl/N-ethyl adjacent to an activating group) is 1. The van der Waals surface area contributed by atoms with Crippen molar-refractivity contribution >= 4 is 17.6 Å². The molecule has 0 saturated carbocycles. The molecule has 1 aliphatic rings. The molecule has 0 aliphatic carbocycles. The summed E-state index contributed by atoms with van der Waals surface area (Å²) in [6.45, 7) is 6.70. The van der Waals surface area contributed by atoms with E-state index < -0.39 is 0 Å². The van der Waals surface area contributed by atoms with Crippen LogP contribution in [0.2, 0.25) is 0 Å². The predicted molar refractivity (Wildman–Crippen MR) is 113 cm³/mol. The smallest absolute Gasteiger partial charge is 0.0340 e. The van der Waals surface area contributed by atoms with Crippen LogP contribution in [0.1, 0.15) is 11.1 Å². The van der Waals surface area contributed by atoms with Gasteiger partial charge in [0.15, 0.2) is 0 Å². The Morgan fingerprint density at radius 2 is 1.54 bits per heavy atom. The summed E-state index contributed by atoms with van der Waals surface area (Å²) in [6.07, 6.45) is 0. The maximum absolute atomic E-state index is 3.16. The first-order valence-corrected chi connectivity index (χ1v) is 10.1. The standard InChI is InChI=1S/C21H30N4S/c1-22-20-8-10-21(11-9-20)26-24(3)16-18-4-6-19(7-5-18)17-25-14-12-23(2)13-15-25/h4-11,22H,12-17H2,1-3H3. The Hall–Kier alpha value is -1.53. The first-order chi connectivity index (χ1) is 12.6. The van der Waals surface area contributed by atoms with Crippen molar-refractivity contribution in [2.45, 2.75) is 18.0 Å². The molecule has 3 rings (SSSR count). The third-order valence-corrected chi connectivity index (χ3v) is 5.76. The number of anilines is 1. The van der Waals surface area contributed by atoms with Gasteiger partial charge in [-0.15, -0.1) is 0 Å². The summed E-state index contributed by atoms with van der Waals surface area (Å²) in [5.74, 6) is 0. The fourth-order valence-electron chi connectivity index (χ4n) is 3.17. The quantitative estimate of drug-likeness (QED) is 0.750. The van der Waals surface area contributed by atoms with Crippen molar-refractivity contribution in [1.29, 1.82) is 0 Å². The van der Waals surface area contributed by atoms with Crippen LogP contribution in [0.5, 0.6) is 0 Å². The summed E-state index contributed by atoms with van der Waals surface area (Å²) >= 11 is 1.78. The summed E-state index contributed by atoms with van der Waals surface area (Å²) in [7, 11) is 6.30. The van der Waals surface area contributed by atoms with E-state index in [0.717, 1.165) is 18.8 Å². The highest BCUT2D eigenvalue weighted by atomic mass is 32.2. The van der Waals surface area contributed by atoms with E-state index in [4.69, 9.17) is 0 Å². The van der Waals surface area contributed by atoms with Crippen LogP contribution in [0.25, 0.3) is 0 Å². The van der Waals surface area contributed by atoms with Gasteiger partial charge in [0.25, 0.3) is 0 Å². The summed E-state index contributed by atoms with van der Waals surface area (Å²) in [5, 5.41) is 3.16. The minimum absolute atomic E-state index is 0.938. The first kappa shape index (κ1) is 19.2. The summed E-state index contributed by atoms with van der Waals surface area (Å²) in [4.78, 5) is 6.21. The molecule has 2 aromatic carbocycles. The van der Waals surface area contributed by atoms with Gasteiger partial charge in [0.2, 0.25) is 0 Å². The van der Waals surface area contributed by atoms with Gasteiger partial charge in [-0.1, -0.05) is 24.3 Å². The molecule has 140 valence electrons. The van der Waals surface area contributed by atoms with E-state index in [2.05, 4.69) is 82.0 Å². The normalized spacial score (nSPS) is 16.2. The van der Waals surface area contributed by atoms with Crippen LogP contribution in [0, 0.1) is 0 Å². The average Bonchev–Trinajstić information content (AvgIpc) is 2.66. The minimum atomic E-state index is 0.938. The highest BCUT2D eigenvalue weighted by molar-refractivity contribution is 7.97. The SMILES string of the molecule is CNc1ccc(SN(C)Cc2ccc(CN3CCN(C)CC3)cc2)cc1. The Bertz CT molecular complexity index is 663. The molecule has 4 nitrogen and oxygen atoms in total. The Morgan fingerprint density at radius 3 is 2.15 bits per heavy atom. The molecule has 1 aliphatic heterocycles. The number of rotatable bonds is 7. The minimum Gasteiger partial charge on any atom is -0.388 e. The molecule has 5 heteroatoms. The molecule has 1 saturated heterocycles. The lowest BCUT2D eigenvalue weighted by molar-refractivity contribution is 0.148. The molecule has 0 spiro atoms. The van der Waals surface area contributed by atoms with Crippen LogP contribution in [0.3, 0.4) is 0 Å². The van der Waals surface area contributed by atoms with Crippen LogP contribution in [0.15, 0.2) is 53.4 Å². The molecule has 0 amide bonds. The van der Waals surface area contributed by atoms with Gasteiger partial charge in [0.05, 0.1) is 0 Å². The van der Waals surface area contributed by atoms with Crippen LogP contribution in [-0.4, -0.2) is 61.4 Å². The molecular formula is C21H30N4S. The molecule has 0 aromatic heterocycles. The van der Waals surface area contributed by atoms with Gasteiger partial charge < -0.3 is 10.2 Å². The second kappa shape index (κ2) is 9.42. The maximum Gasteiger partial charge on any atom is 0.0340 e. The second-order valence-corrected chi connectivity index (χ2v) is 8.32. The monoisotopic (exact) mass is 370 g/mol. The molecule has 2 aromatic rings. The van der Waals surface area contributed by atoms with Crippen LogP contribution >= 0.6 is 11.9 Å². The highest BCUT2D eigenvalue weighted by Crippen LogP contribution is 2.24. The molecule has 1 fully saturated rings. The molecule has 0 radical (unpaired) electrons. The second-order valence-electron chi connectivity index (χ2n) is 7.05. The van der Waals surface area contributed by atoms with Gasteiger partial charge >= 0.3 is 0 Å². The third-order valence-electron chi connectivity index (χ3n) is 4.83. The lowest BCUT2D eigenvalue weighted by Crippen LogP contribution is -2.43. The number of nitrogens with zero attached hydrogens (tertiary/aromatic N) is 3. The highest BCUT2D eigenvalue weighted by Gasteiger charge is 2.13. The molecule has 1 N–H and O–H groups in total. The van der Waals surface area contributed by atoms with E-state index in [0.29, 0.717) is 0 Å². The van der Waals surface area contributed by atoms with Crippen molar-refractivity contribution in [3.05, 3.63) is 59.7 Å². The predicted octanol–water partition coefficient (Wildman–Crippen LogP) is 3.61. The van der Waals surface area contributed by atoms with Crippen LogP contribution < -0.4 is 5.32 Å². The van der Waals surface area contributed by atoms with Crippen molar-refractivity contribution in [2.24, 2.45) is 0 Å². The van der Waals surface area contributed by atoms with E-state index in [1.807, 2.05) is 7.05 Å². The fraction of sp³-hybridized carbons (Fsp3) is 0.429. The van der Waals surface area contributed by atoms with Gasteiger partial charge in [0, 0.05) is 56.9 Å². The zero-order valence-electron chi connectivity index (χ0n) is 16.1. The van der Waals surface area contributed by atoms with Gasteiger partial charge in [-0.25, -0.2) is 4.31 Å². The van der Waals surface area contributed by atoms with Crippen molar-refractivity contribution in [3.8, 4) is 0 Å². The largest absolute Gasteiger partial charge is 0.388 e. The molecule has 0 bridgehead atoms. The number of hydrogen-bond acceptors (Lipinski definition) is 5.